The maximum atomic E-state index is 5.96. The number of rotatable bonds is 5. The van der Waals surface area contributed by atoms with E-state index in [9.17, 15) is 0 Å². The summed E-state index contributed by atoms with van der Waals surface area (Å²) in [5.74, 6) is 0. The highest BCUT2D eigenvalue weighted by Crippen LogP contribution is 2.28. The van der Waals surface area contributed by atoms with Crippen molar-refractivity contribution in [1.82, 2.24) is 4.98 Å². The Balaban J connectivity index is 2.46. The number of nitrogen functional groups attached to an aromatic ring is 1. The lowest BCUT2D eigenvalue weighted by atomic mass is 10.1. The van der Waals surface area contributed by atoms with Crippen molar-refractivity contribution in [2.75, 3.05) is 37.4 Å². The normalized spacial score (nSPS) is 10.8. The number of fused-ring (bicyclic) bond motifs is 1. The van der Waals surface area contributed by atoms with Crippen LogP contribution in [0.1, 0.15) is 6.92 Å². The standard InChI is InChI=1S/C14H19N3O/c1-3-17(9-10-18-2)13-7-8-16-14-11(13)5-4-6-12(14)15/h4-8H,3,9-10,15H2,1-2H3. The second-order valence-corrected chi connectivity index (χ2v) is 4.15. The van der Waals surface area contributed by atoms with Crippen LogP contribution in [0.4, 0.5) is 11.4 Å². The number of nitrogens with two attached hydrogens (primary N) is 1. The number of pyridine rings is 1. The minimum absolute atomic E-state index is 0.708. The molecule has 0 aliphatic rings. The first-order chi connectivity index (χ1) is 8.77. The van der Waals surface area contributed by atoms with Crippen molar-refractivity contribution in [2.24, 2.45) is 0 Å². The Bertz CT molecular complexity index is 527. The molecular weight excluding hydrogens is 226 g/mol. The number of likely N-dealkylation sites (N-methyl/N-ethyl adjacent to an activating group) is 1. The van der Waals surface area contributed by atoms with Gasteiger partial charge < -0.3 is 15.4 Å². The molecule has 1 aromatic carbocycles. The summed E-state index contributed by atoms with van der Waals surface area (Å²) in [6.07, 6.45) is 1.81. The summed E-state index contributed by atoms with van der Waals surface area (Å²) in [6.45, 7) is 4.63. The average Bonchev–Trinajstić information content (AvgIpc) is 2.40. The lowest BCUT2D eigenvalue weighted by Crippen LogP contribution is -2.27. The average molecular weight is 245 g/mol. The Kier molecular flexibility index (Phi) is 3.99. The summed E-state index contributed by atoms with van der Waals surface area (Å²) in [5, 5.41) is 1.09. The molecule has 0 fully saturated rings. The second-order valence-electron chi connectivity index (χ2n) is 4.15. The van der Waals surface area contributed by atoms with Crippen LogP contribution >= 0.6 is 0 Å². The molecule has 96 valence electrons. The molecule has 0 unspecified atom stereocenters. The third-order valence-corrected chi connectivity index (χ3v) is 3.07. The number of nitrogens with zero attached hydrogens (tertiary/aromatic N) is 2. The number of hydrogen-bond donors (Lipinski definition) is 1. The minimum Gasteiger partial charge on any atom is -0.397 e. The van der Waals surface area contributed by atoms with E-state index in [1.54, 1.807) is 7.11 Å². The van der Waals surface area contributed by atoms with Crippen molar-refractivity contribution in [3.63, 3.8) is 0 Å². The van der Waals surface area contributed by atoms with Crippen molar-refractivity contribution in [3.8, 4) is 0 Å². The summed E-state index contributed by atoms with van der Waals surface area (Å²) in [4.78, 5) is 6.63. The van der Waals surface area contributed by atoms with Gasteiger partial charge in [0.15, 0.2) is 0 Å². The third-order valence-electron chi connectivity index (χ3n) is 3.07. The van der Waals surface area contributed by atoms with Gasteiger partial charge in [-0.25, -0.2) is 0 Å². The van der Waals surface area contributed by atoms with Gasteiger partial charge in [-0.1, -0.05) is 12.1 Å². The van der Waals surface area contributed by atoms with Gasteiger partial charge in [0.2, 0.25) is 0 Å². The molecular formula is C14H19N3O. The topological polar surface area (TPSA) is 51.4 Å². The molecule has 0 aliphatic carbocycles. The number of hydrogen-bond acceptors (Lipinski definition) is 4. The predicted octanol–water partition coefficient (Wildman–Crippen LogP) is 2.29. The second kappa shape index (κ2) is 5.69. The highest BCUT2D eigenvalue weighted by Gasteiger charge is 2.09. The van der Waals surface area contributed by atoms with E-state index in [0.29, 0.717) is 6.61 Å². The SMILES string of the molecule is CCN(CCOC)c1ccnc2c(N)cccc12. The molecule has 2 aromatic rings. The van der Waals surface area contributed by atoms with Crippen LogP contribution in [0.5, 0.6) is 0 Å². The van der Waals surface area contributed by atoms with Gasteiger partial charge in [-0.15, -0.1) is 0 Å². The largest absolute Gasteiger partial charge is 0.397 e. The molecule has 0 amide bonds. The first-order valence-electron chi connectivity index (χ1n) is 6.15. The molecule has 0 atom stereocenters. The van der Waals surface area contributed by atoms with E-state index in [0.717, 1.165) is 35.4 Å². The zero-order valence-corrected chi connectivity index (χ0v) is 10.9. The number of anilines is 2. The van der Waals surface area contributed by atoms with Gasteiger partial charge in [0, 0.05) is 37.5 Å². The van der Waals surface area contributed by atoms with Gasteiger partial charge in [-0.3, -0.25) is 4.98 Å². The first-order valence-corrected chi connectivity index (χ1v) is 6.15. The van der Waals surface area contributed by atoms with Crippen LogP contribution in [0.2, 0.25) is 0 Å². The fraction of sp³-hybridized carbons (Fsp3) is 0.357. The predicted molar refractivity (Wildman–Crippen MR) is 75.9 cm³/mol. The molecule has 2 N–H and O–H groups in total. The summed E-state index contributed by atoms with van der Waals surface area (Å²) >= 11 is 0. The molecule has 18 heavy (non-hydrogen) atoms. The fourth-order valence-corrected chi connectivity index (χ4v) is 2.11. The zero-order chi connectivity index (χ0) is 13.0. The molecule has 4 heteroatoms. The first kappa shape index (κ1) is 12.6. The van der Waals surface area contributed by atoms with E-state index in [1.807, 2.05) is 24.4 Å². The molecule has 0 aliphatic heterocycles. The van der Waals surface area contributed by atoms with Crippen molar-refractivity contribution in [3.05, 3.63) is 30.5 Å². The third kappa shape index (κ3) is 2.38. The van der Waals surface area contributed by atoms with Gasteiger partial charge in [0.25, 0.3) is 0 Å². The maximum Gasteiger partial charge on any atom is 0.0951 e. The van der Waals surface area contributed by atoms with E-state index in [2.05, 4.69) is 22.9 Å². The lowest BCUT2D eigenvalue weighted by molar-refractivity contribution is 0.205. The minimum atomic E-state index is 0.708. The van der Waals surface area contributed by atoms with Gasteiger partial charge in [0.05, 0.1) is 17.8 Å². The van der Waals surface area contributed by atoms with Crippen LogP contribution in [0.3, 0.4) is 0 Å². The lowest BCUT2D eigenvalue weighted by Gasteiger charge is -2.24. The van der Waals surface area contributed by atoms with Crippen LogP contribution in [0.25, 0.3) is 10.9 Å². The van der Waals surface area contributed by atoms with Crippen LogP contribution in [0.15, 0.2) is 30.5 Å². The molecule has 0 saturated heterocycles. The molecule has 0 spiro atoms. The van der Waals surface area contributed by atoms with Crippen molar-refractivity contribution in [2.45, 2.75) is 6.92 Å². The van der Waals surface area contributed by atoms with Crippen molar-refractivity contribution in [1.29, 1.82) is 0 Å². The van der Waals surface area contributed by atoms with Crippen LogP contribution in [0, 0.1) is 0 Å². The van der Waals surface area contributed by atoms with Gasteiger partial charge in [0.1, 0.15) is 0 Å². The smallest absolute Gasteiger partial charge is 0.0951 e. The van der Waals surface area contributed by atoms with Crippen LogP contribution in [-0.4, -0.2) is 31.8 Å². The summed E-state index contributed by atoms with van der Waals surface area (Å²) < 4.78 is 5.15. The summed E-state index contributed by atoms with van der Waals surface area (Å²) in [5.41, 5.74) is 8.71. The van der Waals surface area contributed by atoms with Gasteiger partial charge >= 0.3 is 0 Å². The highest BCUT2D eigenvalue weighted by molar-refractivity contribution is 5.97. The molecule has 0 saturated carbocycles. The molecule has 1 heterocycles. The summed E-state index contributed by atoms with van der Waals surface area (Å²) in [6, 6.07) is 7.93. The molecule has 1 aromatic heterocycles. The molecule has 4 nitrogen and oxygen atoms in total. The van der Waals surface area contributed by atoms with Crippen LogP contribution < -0.4 is 10.6 Å². The quantitative estimate of drug-likeness (QED) is 0.821. The van der Waals surface area contributed by atoms with Gasteiger partial charge in [-0.05, 0) is 19.1 Å². The molecule has 0 radical (unpaired) electrons. The number of aromatic nitrogens is 1. The number of ether oxygens (including phenoxy) is 1. The Morgan fingerprint density at radius 3 is 2.89 bits per heavy atom. The number of para-hydroxylation sites is 1. The molecule has 0 bridgehead atoms. The highest BCUT2D eigenvalue weighted by atomic mass is 16.5. The zero-order valence-electron chi connectivity index (χ0n) is 10.9. The number of methoxy groups -OCH3 is 1. The van der Waals surface area contributed by atoms with E-state index < -0.39 is 0 Å². The van der Waals surface area contributed by atoms with Crippen LogP contribution in [-0.2, 0) is 4.74 Å². The maximum absolute atomic E-state index is 5.96. The van der Waals surface area contributed by atoms with E-state index in [4.69, 9.17) is 10.5 Å². The van der Waals surface area contributed by atoms with E-state index in [1.165, 1.54) is 0 Å². The monoisotopic (exact) mass is 245 g/mol. The Hall–Kier alpha value is -1.81. The molecule has 2 rings (SSSR count). The van der Waals surface area contributed by atoms with Crippen molar-refractivity contribution >= 4 is 22.3 Å². The number of benzene rings is 1. The van der Waals surface area contributed by atoms with Gasteiger partial charge in [-0.2, -0.15) is 0 Å². The fourth-order valence-electron chi connectivity index (χ4n) is 2.11. The Morgan fingerprint density at radius 1 is 1.33 bits per heavy atom. The Labute approximate surface area is 107 Å². The Morgan fingerprint density at radius 2 is 2.17 bits per heavy atom. The van der Waals surface area contributed by atoms with E-state index >= 15 is 0 Å². The summed E-state index contributed by atoms with van der Waals surface area (Å²) in [7, 11) is 1.72. The van der Waals surface area contributed by atoms with E-state index in [-0.39, 0.29) is 0 Å². The van der Waals surface area contributed by atoms with Crippen molar-refractivity contribution < 1.29 is 4.74 Å².